The van der Waals surface area contributed by atoms with Gasteiger partial charge >= 0.3 is 5.97 Å². The van der Waals surface area contributed by atoms with Crippen LogP contribution in [0.4, 0.5) is 10.1 Å². The van der Waals surface area contributed by atoms with Gasteiger partial charge in [-0.15, -0.1) is 0 Å². The van der Waals surface area contributed by atoms with Gasteiger partial charge in [0.1, 0.15) is 5.82 Å². The van der Waals surface area contributed by atoms with Crippen molar-refractivity contribution in [2.75, 3.05) is 5.32 Å². The summed E-state index contributed by atoms with van der Waals surface area (Å²) in [5.74, 6) is -1.06. The first-order valence-electron chi connectivity index (χ1n) is 4.83. The van der Waals surface area contributed by atoms with E-state index in [0.29, 0.717) is 11.4 Å². The molecule has 2 aromatic rings. The third-order valence-corrected chi connectivity index (χ3v) is 2.09. The zero-order valence-electron chi connectivity index (χ0n) is 8.68. The molecule has 0 amide bonds. The summed E-state index contributed by atoms with van der Waals surface area (Å²) in [6.45, 7) is 0.284. The fraction of sp³-hybridized carbons (Fsp3) is 0.0909. The van der Waals surface area contributed by atoms with Crippen LogP contribution in [0.25, 0.3) is 0 Å². The van der Waals surface area contributed by atoms with Gasteiger partial charge in [-0.1, -0.05) is 5.16 Å². The number of rotatable bonds is 4. The molecule has 0 atom stereocenters. The average Bonchev–Trinajstić information content (AvgIpc) is 2.77. The first-order valence-corrected chi connectivity index (χ1v) is 4.83. The number of hydrogen-bond donors (Lipinski definition) is 2. The molecule has 0 radical (unpaired) electrons. The first kappa shape index (κ1) is 11.1. The van der Waals surface area contributed by atoms with E-state index in [-0.39, 0.29) is 18.1 Å². The van der Waals surface area contributed by atoms with Gasteiger partial charge in [0.25, 0.3) is 0 Å². The number of halogens is 1. The molecule has 5 nitrogen and oxygen atoms in total. The van der Waals surface area contributed by atoms with Crippen molar-refractivity contribution in [3.8, 4) is 0 Å². The van der Waals surface area contributed by atoms with E-state index >= 15 is 0 Å². The number of carboxylic acid groups (broad SMARTS) is 1. The SMILES string of the molecule is O=C(O)c1cc(CNc2ccc(F)cc2)on1. The Bertz CT molecular complexity index is 522. The molecule has 2 N–H and O–H groups in total. The second-order valence-electron chi connectivity index (χ2n) is 3.34. The lowest BCUT2D eigenvalue weighted by atomic mass is 10.3. The van der Waals surface area contributed by atoms with Gasteiger partial charge in [-0.05, 0) is 24.3 Å². The molecule has 0 aliphatic rings. The number of aromatic carboxylic acids is 1. The van der Waals surface area contributed by atoms with Crippen molar-refractivity contribution < 1.29 is 18.8 Å². The maximum atomic E-state index is 12.6. The summed E-state index contributed by atoms with van der Waals surface area (Å²) < 4.78 is 17.4. The number of nitrogens with one attached hydrogen (secondary N) is 1. The normalized spacial score (nSPS) is 10.2. The van der Waals surface area contributed by atoms with Crippen molar-refractivity contribution in [2.24, 2.45) is 0 Å². The molecule has 1 aromatic carbocycles. The molecular weight excluding hydrogens is 227 g/mol. The zero-order chi connectivity index (χ0) is 12.3. The predicted molar refractivity (Wildman–Crippen MR) is 57.2 cm³/mol. The van der Waals surface area contributed by atoms with E-state index in [1.54, 1.807) is 12.1 Å². The fourth-order valence-electron chi connectivity index (χ4n) is 1.25. The Kier molecular flexibility index (Phi) is 3.04. The van der Waals surface area contributed by atoms with Crippen LogP contribution in [-0.2, 0) is 6.54 Å². The van der Waals surface area contributed by atoms with Crippen LogP contribution in [0.5, 0.6) is 0 Å². The highest BCUT2D eigenvalue weighted by Gasteiger charge is 2.10. The van der Waals surface area contributed by atoms with E-state index in [1.165, 1.54) is 18.2 Å². The molecule has 0 aliphatic heterocycles. The molecule has 0 unspecified atom stereocenters. The maximum Gasteiger partial charge on any atom is 0.358 e. The molecule has 0 spiro atoms. The van der Waals surface area contributed by atoms with E-state index in [9.17, 15) is 9.18 Å². The van der Waals surface area contributed by atoms with Crippen molar-refractivity contribution in [1.82, 2.24) is 5.16 Å². The molecule has 0 bridgehead atoms. The zero-order valence-corrected chi connectivity index (χ0v) is 8.68. The van der Waals surface area contributed by atoms with Gasteiger partial charge in [-0.2, -0.15) is 0 Å². The summed E-state index contributed by atoms with van der Waals surface area (Å²) >= 11 is 0. The Morgan fingerprint density at radius 2 is 2.12 bits per heavy atom. The monoisotopic (exact) mass is 236 g/mol. The standard InChI is InChI=1S/C11H9FN2O3/c12-7-1-3-8(4-2-7)13-6-9-5-10(11(15)16)14-17-9/h1-5,13H,6H2,(H,15,16). The summed E-state index contributed by atoms with van der Waals surface area (Å²) in [4.78, 5) is 10.5. The third-order valence-electron chi connectivity index (χ3n) is 2.09. The first-order chi connectivity index (χ1) is 8.15. The molecule has 2 rings (SSSR count). The predicted octanol–water partition coefficient (Wildman–Crippen LogP) is 2.12. The highest BCUT2D eigenvalue weighted by atomic mass is 19.1. The number of benzene rings is 1. The minimum absolute atomic E-state index is 0.138. The third kappa shape index (κ3) is 2.81. The molecule has 17 heavy (non-hydrogen) atoms. The molecule has 0 saturated carbocycles. The van der Waals surface area contributed by atoms with E-state index in [2.05, 4.69) is 10.5 Å². The smallest absolute Gasteiger partial charge is 0.358 e. The van der Waals surface area contributed by atoms with E-state index in [1.807, 2.05) is 0 Å². The number of carboxylic acids is 1. The second kappa shape index (κ2) is 4.65. The van der Waals surface area contributed by atoms with Crippen molar-refractivity contribution >= 4 is 11.7 Å². The van der Waals surface area contributed by atoms with Crippen molar-refractivity contribution in [1.29, 1.82) is 0 Å². The van der Waals surface area contributed by atoms with Crippen LogP contribution in [0.15, 0.2) is 34.9 Å². The van der Waals surface area contributed by atoms with Gasteiger partial charge in [0.2, 0.25) is 0 Å². The summed E-state index contributed by atoms with van der Waals surface area (Å²) in [5, 5.41) is 14.9. The molecule has 1 heterocycles. The Morgan fingerprint density at radius 3 is 2.71 bits per heavy atom. The van der Waals surface area contributed by atoms with E-state index < -0.39 is 5.97 Å². The van der Waals surface area contributed by atoms with Crippen LogP contribution in [0.1, 0.15) is 16.2 Å². The molecule has 88 valence electrons. The topological polar surface area (TPSA) is 75.4 Å². The van der Waals surface area contributed by atoms with Crippen LogP contribution in [0.2, 0.25) is 0 Å². The number of carbonyl (C=O) groups is 1. The molecular formula is C11H9FN2O3. The van der Waals surface area contributed by atoms with Crippen molar-refractivity contribution in [3.63, 3.8) is 0 Å². The van der Waals surface area contributed by atoms with Gasteiger partial charge in [0.15, 0.2) is 11.5 Å². The lowest BCUT2D eigenvalue weighted by Crippen LogP contribution is -1.98. The summed E-state index contributed by atoms with van der Waals surface area (Å²) in [6, 6.07) is 7.13. The minimum Gasteiger partial charge on any atom is -0.476 e. The van der Waals surface area contributed by atoms with Crippen LogP contribution in [-0.4, -0.2) is 16.2 Å². The summed E-state index contributed by atoms with van der Waals surface area (Å²) in [7, 11) is 0. The molecule has 0 saturated heterocycles. The Labute approximate surface area is 95.9 Å². The molecule has 6 heteroatoms. The number of nitrogens with zero attached hydrogens (tertiary/aromatic N) is 1. The van der Waals surface area contributed by atoms with Gasteiger partial charge in [-0.3, -0.25) is 0 Å². The minimum atomic E-state index is -1.14. The van der Waals surface area contributed by atoms with Gasteiger partial charge in [0.05, 0.1) is 6.54 Å². The molecule has 1 aromatic heterocycles. The summed E-state index contributed by atoms with van der Waals surface area (Å²) in [5.41, 5.74) is 0.570. The van der Waals surface area contributed by atoms with Crippen LogP contribution >= 0.6 is 0 Å². The quantitative estimate of drug-likeness (QED) is 0.850. The molecule has 0 fully saturated rings. The van der Waals surface area contributed by atoms with Crippen molar-refractivity contribution in [2.45, 2.75) is 6.54 Å². The van der Waals surface area contributed by atoms with Crippen LogP contribution < -0.4 is 5.32 Å². The second-order valence-corrected chi connectivity index (χ2v) is 3.34. The fourth-order valence-corrected chi connectivity index (χ4v) is 1.25. The highest BCUT2D eigenvalue weighted by molar-refractivity contribution is 5.85. The van der Waals surface area contributed by atoms with Gasteiger partial charge < -0.3 is 14.9 Å². The Hall–Kier alpha value is -2.37. The highest BCUT2D eigenvalue weighted by Crippen LogP contribution is 2.11. The van der Waals surface area contributed by atoms with E-state index in [4.69, 9.17) is 9.63 Å². The van der Waals surface area contributed by atoms with Crippen molar-refractivity contribution in [3.05, 3.63) is 47.6 Å². The lowest BCUT2D eigenvalue weighted by molar-refractivity contribution is 0.0685. The number of anilines is 1. The number of hydrogen-bond acceptors (Lipinski definition) is 4. The van der Waals surface area contributed by atoms with Gasteiger partial charge in [0, 0.05) is 11.8 Å². The number of aromatic nitrogens is 1. The van der Waals surface area contributed by atoms with Crippen LogP contribution in [0.3, 0.4) is 0 Å². The lowest BCUT2D eigenvalue weighted by Gasteiger charge is -2.02. The maximum absolute atomic E-state index is 12.6. The summed E-state index contributed by atoms with van der Waals surface area (Å²) in [6.07, 6.45) is 0. The Balaban J connectivity index is 1.97. The molecule has 0 aliphatic carbocycles. The average molecular weight is 236 g/mol. The van der Waals surface area contributed by atoms with Crippen LogP contribution in [0, 0.1) is 5.82 Å². The van der Waals surface area contributed by atoms with Gasteiger partial charge in [-0.25, -0.2) is 9.18 Å². The van der Waals surface area contributed by atoms with E-state index in [0.717, 1.165) is 0 Å². The Morgan fingerprint density at radius 1 is 1.41 bits per heavy atom. The largest absolute Gasteiger partial charge is 0.476 e.